The maximum Gasteiger partial charge on any atom is 0.490 e. The first-order valence-corrected chi connectivity index (χ1v) is 8.21. The number of alkyl halides is 6. The molecule has 29 heavy (non-hydrogen) atoms. The number of anilines is 1. The Labute approximate surface area is 160 Å². The number of carbonyl (C=O) groups is 2. The summed E-state index contributed by atoms with van der Waals surface area (Å²) in [6.07, 6.45) is -7.94. The normalized spacial score (nSPS) is 15.2. The topological polar surface area (TPSA) is 116 Å². The summed E-state index contributed by atoms with van der Waals surface area (Å²) in [5.74, 6) is -3.34. The fraction of sp³-hybridized carbons (Fsp3) is 0.600. The smallest absolute Gasteiger partial charge is 0.475 e. The molecule has 0 aliphatic carbocycles. The van der Waals surface area contributed by atoms with Gasteiger partial charge in [-0.25, -0.2) is 19.6 Å². The lowest BCUT2D eigenvalue weighted by Crippen LogP contribution is -2.38. The third kappa shape index (κ3) is 7.36. The zero-order valence-electron chi connectivity index (χ0n) is 15.1. The molecule has 0 bridgehead atoms. The highest BCUT2D eigenvalue weighted by atomic mass is 19.4. The van der Waals surface area contributed by atoms with E-state index in [4.69, 9.17) is 19.8 Å². The van der Waals surface area contributed by atoms with Gasteiger partial charge in [0.05, 0.1) is 5.69 Å². The Morgan fingerprint density at radius 2 is 1.48 bits per heavy atom. The molecule has 0 atom stereocenters. The molecular formula is C15H18F6N4O4. The summed E-state index contributed by atoms with van der Waals surface area (Å²) < 4.78 is 63.5. The van der Waals surface area contributed by atoms with Crippen molar-refractivity contribution in [3.05, 3.63) is 17.1 Å². The highest BCUT2D eigenvalue weighted by Crippen LogP contribution is 2.27. The second-order valence-electron chi connectivity index (χ2n) is 5.79. The Morgan fingerprint density at radius 3 is 1.83 bits per heavy atom. The summed E-state index contributed by atoms with van der Waals surface area (Å²) in [5, 5.41) is 17.6. The maximum absolute atomic E-state index is 10.6. The van der Waals surface area contributed by atoms with E-state index >= 15 is 0 Å². The average Bonchev–Trinajstić information content (AvgIpc) is 3.01. The fourth-order valence-corrected chi connectivity index (χ4v) is 2.15. The van der Waals surface area contributed by atoms with Crippen LogP contribution in [0.15, 0.2) is 0 Å². The van der Waals surface area contributed by atoms with E-state index in [9.17, 15) is 26.3 Å². The fourth-order valence-electron chi connectivity index (χ4n) is 2.15. The van der Waals surface area contributed by atoms with Crippen LogP contribution in [0.4, 0.5) is 32.2 Å². The molecule has 0 amide bonds. The van der Waals surface area contributed by atoms with E-state index in [0.717, 1.165) is 38.4 Å². The molecule has 164 valence electrons. The molecule has 1 saturated heterocycles. The van der Waals surface area contributed by atoms with Crippen molar-refractivity contribution in [2.75, 3.05) is 18.0 Å². The van der Waals surface area contributed by atoms with Crippen LogP contribution in [0.25, 0.3) is 0 Å². The van der Waals surface area contributed by atoms with Crippen LogP contribution in [-0.2, 0) is 29.1 Å². The van der Waals surface area contributed by atoms with Crippen LogP contribution in [0, 0.1) is 0 Å². The number of nitrogens with zero attached hydrogens (tertiary/aromatic N) is 3. The van der Waals surface area contributed by atoms with Gasteiger partial charge in [0.2, 0.25) is 0 Å². The quantitative estimate of drug-likeness (QED) is 0.609. The summed E-state index contributed by atoms with van der Waals surface area (Å²) in [4.78, 5) is 29.4. The second-order valence-corrected chi connectivity index (χ2v) is 5.79. The van der Waals surface area contributed by atoms with Crippen LogP contribution in [0.2, 0.25) is 0 Å². The van der Waals surface area contributed by atoms with Gasteiger partial charge >= 0.3 is 24.3 Å². The Kier molecular flexibility index (Phi) is 8.17. The van der Waals surface area contributed by atoms with Crippen LogP contribution < -0.4 is 10.2 Å². The molecule has 0 saturated carbocycles. The number of aromatic nitrogens is 2. The van der Waals surface area contributed by atoms with Gasteiger partial charge in [-0.1, -0.05) is 6.92 Å². The first-order valence-electron chi connectivity index (χ1n) is 8.21. The summed E-state index contributed by atoms with van der Waals surface area (Å²) in [5.41, 5.74) is 2.54. The van der Waals surface area contributed by atoms with Crippen LogP contribution in [-0.4, -0.2) is 57.6 Å². The lowest BCUT2D eigenvalue weighted by molar-refractivity contribution is -0.193. The molecule has 8 nitrogen and oxygen atoms in total. The van der Waals surface area contributed by atoms with Gasteiger partial charge in [0, 0.05) is 38.2 Å². The molecule has 0 aromatic carbocycles. The minimum atomic E-state index is -5.08. The monoisotopic (exact) mass is 432 g/mol. The van der Waals surface area contributed by atoms with E-state index < -0.39 is 24.3 Å². The Bertz CT molecular complexity index is 711. The Hall–Kier alpha value is -2.64. The number of nitrogens with one attached hydrogen (secondary N) is 1. The number of fused-ring (bicyclic) bond motifs is 1. The van der Waals surface area contributed by atoms with E-state index in [-0.39, 0.29) is 0 Å². The summed E-state index contributed by atoms with van der Waals surface area (Å²) in [7, 11) is 0. The highest BCUT2D eigenvalue weighted by molar-refractivity contribution is 5.73. The average molecular weight is 432 g/mol. The first kappa shape index (κ1) is 24.4. The predicted octanol–water partition coefficient (Wildman–Crippen LogP) is 2.12. The van der Waals surface area contributed by atoms with Crippen molar-refractivity contribution >= 4 is 17.8 Å². The van der Waals surface area contributed by atoms with Gasteiger partial charge in [-0.15, -0.1) is 0 Å². The third-order valence-electron chi connectivity index (χ3n) is 3.67. The standard InChI is InChI=1S/C11H16N4.2C2HF3O2/c1-2-10-13-9-7-12-6-8(9)11(14-10)15-4-3-5-15;2*3-2(4,5)1(6)7/h12H,2-7H2,1H3;2*(H,6,7). The molecule has 0 unspecified atom stereocenters. The van der Waals surface area contributed by atoms with Gasteiger partial charge in [-0.3, -0.25) is 0 Å². The van der Waals surface area contributed by atoms with Crippen LogP contribution in [0.3, 0.4) is 0 Å². The molecule has 1 fully saturated rings. The lowest BCUT2D eigenvalue weighted by atomic mass is 10.1. The van der Waals surface area contributed by atoms with Gasteiger partial charge in [-0.2, -0.15) is 26.3 Å². The molecule has 2 aliphatic heterocycles. The number of rotatable bonds is 2. The Balaban J connectivity index is 0.000000255. The van der Waals surface area contributed by atoms with Crippen molar-refractivity contribution in [1.29, 1.82) is 0 Å². The van der Waals surface area contributed by atoms with Gasteiger partial charge in [-0.05, 0) is 6.42 Å². The van der Waals surface area contributed by atoms with Gasteiger partial charge in [0.15, 0.2) is 0 Å². The molecule has 1 aromatic rings. The van der Waals surface area contributed by atoms with Crippen molar-refractivity contribution < 1.29 is 46.1 Å². The van der Waals surface area contributed by atoms with E-state index in [1.807, 2.05) is 0 Å². The number of hydrogen-bond acceptors (Lipinski definition) is 6. The zero-order chi connectivity index (χ0) is 22.4. The van der Waals surface area contributed by atoms with Crippen molar-refractivity contribution in [2.24, 2.45) is 0 Å². The molecule has 3 rings (SSSR count). The molecule has 2 aliphatic rings. The van der Waals surface area contributed by atoms with Crippen molar-refractivity contribution in [3.8, 4) is 0 Å². The van der Waals surface area contributed by atoms with E-state index in [0.29, 0.717) is 0 Å². The second kappa shape index (κ2) is 9.71. The molecule has 3 heterocycles. The minimum absolute atomic E-state index is 0.908. The number of carboxylic acids is 2. The Morgan fingerprint density at radius 1 is 1.00 bits per heavy atom. The van der Waals surface area contributed by atoms with Crippen LogP contribution in [0.5, 0.6) is 0 Å². The van der Waals surface area contributed by atoms with Gasteiger partial charge in [0.25, 0.3) is 0 Å². The minimum Gasteiger partial charge on any atom is -0.475 e. The largest absolute Gasteiger partial charge is 0.490 e. The van der Waals surface area contributed by atoms with Crippen molar-refractivity contribution in [2.45, 2.75) is 45.2 Å². The number of carboxylic acid groups (broad SMARTS) is 2. The van der Waals surface area contributed by atoms with Gasteiger partial charge < -0.3 is 20.4 Å². The summed E-state index contributed by atoms with van der Waals surface area (Å²) in [6.45, 7) is 6.28. The van der Waals surface area contributed by atoms with E-state index in [1.165, 1.54) is 23.5 Å². The molecular weight excluding hydrogens is 414 g/mol. The zero-order valence-corrected chi connectivity index (χ0v) is 15.1. The van der Waals surface area contributed by atoms with Crippen molar-refractivity contribution in [3.63, 3.8) is 0 Å². The number of aryl methyl sites for hydroxylation is 1. The first-order chi connectivity index (χ1) is 13.3. The summed E-state index contributed by atoms with van der Waals surface area (Å²) >= 11 is 0. The third-order valence-corrected chi connectivity index (χ3v) is 3.67. The molecule has 14 heteroatoms. The van der Waals surface area contributed by atoms with Crippen LogP contribution in [0.1, 0.15) is 30.4 Å². The van der Waals surface area contributed by atoms with Crippen LogP contribution >= 0.6 is 0 Å². The SMILES string of the molecule is CCc1nc2c(c(N3CCC3)n1)CNC2.O=C(O)C(F)(F)F.O=C(O)C(F)(F)F. The highest BCUT2D eigenvalue weighted by Gasteiger charge is 2.38. The summed E-state index contributed by atoms with van der Waals surface area (Å²) in [6, 6.07) is 0. The van der Waals surface area contributed by atoms with E-state index in [1.54, 1.807) is 0 Å². The number of aliphatic carboxylic acids is 2. The van der Waals surface area contributed by atoms with Gasteiger partial charge in [0.1, 0.15) is 11.6 Å². The molecule has 3 N–H and O–H groups in total. The molecule has 0 spiro atoms. The number of hydrogen-bond donors (Lipinski definition) is 3. The lowest BCUT2D eigenvalue weighted by Gasteiger charge is -2.33. The maximum atomic E-state index is 10.6. The molecule has 1 aromatic heterocycles. The van der Waals surface area contributed by atoms with Crippen molar-refractivity contribution in [1.82, 2.24) is 15.3 Å². The number of halogens is 6. The van der Waals surface area contributed by atoms with E-state index in [2.05, 4.69) is 27.1 Å². The predicted molar refractivity (Wildman–Crippen MR) is 86.2 cm³/mol. The molecule has 0 radical (unpaired) electrons.